The topological polar surface area (TPSA) is 111 Å². The Morgan fingerprint density at radius 1 is 0.316 bits per heavy atom. The van der Waals surface area contributed by atoms with E-state index >= 15 is 0 Å². The predicted octanol–water partition coefficient (Wildman–Crippen LogP) is 34.9. The van der Waals surface area contributed by atoms with E-state index in [1.165, 1.54) is 178 Å². The van der Waals surface area contributed by atoms with Crippen LogP contribution in [0.4, 0.5) is 0 Å². The summed E-state index contributed by atoms with van der Waals surface area (Å²) in [5, 5.41) is 0. The van der Waals surface area contributed by atoms with Gasteiger partial charge < -0.3 is 56.8 Å². The van der Waals surface area contributed by atoms with E-state index in [0.717, 1.165) is 142 Å². The highest BCUT2D eigenvalue weighted by Gasteiger charge is 2.27. The Kier molecular flexibility index (Phi) is 53.7. The molecule has 0 radical (unpaired) electrons. The Morgan fingerprint density at radius 2 is 0.662 bits per heavy atom. The predicted molar refractivity (Wildman–Crippen MR) is 567 cm³/mol. The van der Waals surface area contributed by atoms with E-state index in [2.05, 4.69) is 255 Å². The van der Waals surface area contributed by atoms with Crippen LogP contribution in [0.2, 0.25) is 0 Å². The molecule has 13 rings (SSSR count). The molecule has 9 aromatic carbocycles. The van der Waals surface area contributed by atoms with Gasteiger partial charge in [-0.25, -0.2) is 0 Å². The van der Waals surface area contributed by atoms with Crippen LogP contribution < -0.4 is 28.4 Å². The highest BCUT2D eigenvalue weighted by molar-refractivity contribution is 5.38. The first-order chi connectivity index (χ1) is 65.9. The van der Waals surface area contributed by atoms with E-state index in [4.69, 9.17) is 56.8 Å². The number of benzene rings is 9. The van der Waals surface area contributed by atoms with Gasteiger partial charge in [-0.2, -0.15) is 0 Å². The summed E-state index contributed by atoms with van der Waals surface area (Å²) < 4.78 is 71.1. The molecule has 4 fully saturated rings. The lowest BCUT2D eigenvalue weighted by Gasteiger charge is -2.31. The minimum absolute atomic E-state index is 0.118. The Bertz CT molecular complexity index is 4470. The normalized spacial score (nSPS) is 17.5. The van der Waals surface area contributed by atoms with Crippen molar-refractivity contribution >= 4 is 0 Å². The number of ether oxygens (including phenoxy) is 12. The zero-order valence-corrected chi connectivity index (χ0v) is 87.7. The van der Waals surface area contributed by atoms with Gasteiger partial charge in [0.05, 0.1) is 39.1 Å². The summed E-state index contributed by atoms with van der Waals surface area (Å²) in [5.41, 5.74) is 13.2. The van der Waals surface area contributed by atoms with Gasteiger partial charge in [0.1, 0.15) is 34.5 Å². The number of rotatable bonds is 46. The van der Waals surface area contributed by atoms with Crippen LogP contribution >= 0.6 is 0 Å². The first-order valence-electron chi connectivity index (χ1n) is 53.4. The minimum Gasteiger partial charge on any atom is -0.465 e. The summed E-state index contributed by atoms with van der Waals surface area (Å²) in [7, 11) is 0. The maximum absolute atomic E-state index is 6.23. The van der Waals surface area contributed by atoms with Gasteiger partial charge in [-0.1, -0.05) is 350 Å². The van der Waals surface area contributed by atoms with Gasteiger partial charge in [0.2, 0.25) is 5.79 Å². The fourth-order valence-corrected chi connectivity index (χ4v) is 17.8. The molecule has 12 atom stereocenters. The lowest BCUT2D eigenvalue weighted by molar-refractivity contribution is -0.158. The van der Waals surface area contributed by atoms with Crippen LogP contribution in [0.5, 0.6) is 34.5 Å². The van der Waals surface area contributed by atoms with E-state index in [9.17, 15) is 0 Å². The molecule has 12 heteroatoms. The number of hydrogen-bond acceptors (Lipinski definition) is 12. The number of hydrogen-bond donors (Lipinski definition) is 0. The summed E-state index contributed by atoms with van der Waals surface area (Å²) in [6.45, 7) is 44.6. The number of aryl methyl sites for hydroxylation is 1. The molecule has 3 aliphatic carbocycles. The lowest BCUT2D eigenvalue weighted by Crippen LogP contribution is -2.33. The van der Waals surface area contributed by atoms with Crippen LogP contribution in [0.25, 0.3) is 0 Å². The average Bonchev–Trinajstić information content (AvgIpc) is 0.848. The van der Waals surface area contributed by atoms with Crippen molar-refractivity contribution in [3.63, 3.8) is 0 Å². The quantitative estimate of drug-likeness (QED) is 0.0339. The molecule has 1 saturated heterocycles. The Hall–Kier alpha value is -8.46. The van der Waals surface area contributed by atoms with Crippen LogP contribution in [0.1, 0.15) is 396 Å². The molecule has 12 nitrogen and oxygen atoms in total. The molecule has 0 aromatic heterocycles. The summed E-state index contributed by atoms with van der Waals surface area (Å²) in [6.07, 6.45) is 36.8. The molecule has 0 spiro atoms. The molecule has 1 aliphatic heterocycles. The third kappa shape index (κ3) is 44.3. The Morgan fingerprint density at radius 3 is 1.06 bits per heavy atom. The van der Waals surface area contributed by atoms with Gasteiger partial charge in [0.25, 0.3) is 0 Å². The lowest BCUT2D eigenvalue weighted by atomic mass is 9.87. The second-order valence-electron chi connectivity index (χ2n) is 39.5. The summed E-state index contributed by atoms with van der Waals surface area (Å²) in [6, 6.07) is 79.7. The minimum atomic E-state index is -0.563. The summed E-state index contributed by atoms with van der Waals surface area (Å²) >= 11 is 0. The van der Waals surface area contributed by atoms with Gasteiger partial charge in [-0.3, -0.25) is 0 Å². The smallest absolute Gasteiger partial charge is 0.204 e. The van der Waals surface area contributed by atoms with Crippen molar-refractivity contribution in [1.82, 2.24) is 0 Å². The molecule has 12 unspecified atom stereocenters. The molecular formula is C124H180O12. The third-order valence-corrected chi connectivity index (χ3v) is 28.2. The molecule has 0 N–H and O–H groups in total. The first kappa shape index (κ1) is 113. The van der Waals surface area contributed by atoms with E-state index in [1.54, 1.807) is 0 Å². The Labute approximate surface area is 826 Å². The van der Waals surface area contributed by atoms with Crippen LogP contribution in [-0.2, 0) is 47.9 Å². The van der Waals surface area contributed by atoms with Crippen molar-refractivity contribution in [3.05, 3.63) is 286 Å². The molecule has 748 valence electrons. The highest BCUT2D eigenvalue weighted by atomic mass is 16.7. The second kappa shape index (κ2) is 64.7. The van der Waals surface area contributed by atoms with Crippen molar-refractivity contribution in [2.75, 3.05) is 26.4 Å². The van der Waals surface area contributed by atoms with E-state index in [1.807, 2.05) is 107 Å². The SMILES string of the molecule is CCC(C)c1ccc(OC(C)(C)OCCC2CCCCC2)cc1.CCC(C)c1ccc(OC(C)OCCC2CCCCC2)cc1.CCC(C)c1ccc(OC(C)OCCc2ccccc2)cc1.CCC(C)c1ccc(OC(C)OCc2ccccc2)cc1.CCC(C)c1ccc(OC2CCCC(Cc3ccccc3)O2)c(C)c1.CCC(OCCC1CCCCC1)Oc1ccc(C(C)CC)cc1. The van der Waals surface area contributed by atoms with Crippen molar-refractivity contribution in [2.45, 2.75) is 410 Å². The van der Waals surface area contributed by atoms with Crippen molar-refractivity contribution in [3.8, 4) is 34.5 Å². The van der Waals surface area contributed by atoms with E-state index < -0.39 is 5.79 Å². The van der Waals surface area contributed by atoms with Gasteiger partial charge >= 0.3 is 0 Å². The fraction of sp³-hybridized carbons (Fsp3) is 0.565. The van der Waals surface area contributed by atoms with Crippen molar-refractivity contribution in [2.24, 2.45) is 17.8 Å². The second-order valence-corrected chi connectivity index (χ2v) is 39.5. The molecule has 9 aromatic rings. The molecule has 1 heterocycles. The third-order valence-electron chi connectivity index (χ3n) is 28.2. The van der Waals surface area contributed by atoms with Gasteiger partial charge in [0, 0.05) is 26.7 Å². The molecule has 0 amide bonds. The van der Waals surface area contributed by atoms with Gasteiger partial charge in [0.15, 0.2) is 31.5 Å². The molecule has 4 aliphatic rings. The monoisotopic (exact) mass is 1860 g/mol. The first-order valence-corrected chi connectivity index (χ1v) is 53.4. The van der Waals surface area contributed by atoms with Crippen LogP contribution in [0.15, 0.2) is 231 Å². The van der Waals surface area contributed by atoms with Crippen LogP contribution in [0, 0.1) is 24.7 Å². The average molecular weight is 1860 g/mol. The van der Waals surface area contributed by atoms with E-state index in [0.29, 0.717) is 48.7 Å². The fourth-order valence-electron chi connectivity index (χ4n) is 17.8. The molecular weight excluding hydrogens is 1680 g/mol. The maximum atomic E-state index is 6.23. The molecule has 136 heavy (non-hydrogen) atoms. The van der Waals surface area contributed by atoms with Crippen LogP contribution in [0.3, 0.4) is 0 Å². The zero-order valence-electron chi connectivity index (χ0n) is 87.7. The van der Waals surface area contributed by atoms with Crippen molar-refractivity contribution in [1.29, 1.82) is 0 Å². The zero-order chi connectivity index (χ0) is 97.5. The summed E-state index contributed by atoms with van der Waals surface area (Å²) in [4.78, 5) is 0. The molecule has 0 bridgehead atoms. The van der Waals surface area contributed by atoms with Crippen LogP contribution in [-0.4, -0.2) is 69.8 Å². The summed E-state index contributed by atoms with van der Waals surface area (Å²) in [5.74, 6) is 11.0. The standard InChI is InChI=1S/C23H30O2.2C21H34O2.C20H32O2.C20H26O2.C19H24O2/c1-4-17(2)20-13-14-22(18(3)15-20)25-23-12-8-11-21(24-23)16-19-9-6-5-7-10-19;1-5-17(2)19-11-13-20(14-12-19)23-21(3,4)22-16-15-18-9-7-6-8-10-18;1-4-17(3)19-11-13-20(14-12-19)23-21(5-2)22-16-15-18-9-7-6-8-10-18;2*1-4-16(2)19-10-12-20(13-11-19)22-17(3)21-15-14-18-8-6-5-7-9-18;1-4-15(2)18-10-12-19(13-11-18)21-16(3)20-14-17-8-6-5-7-9-17/h5-7,9-10,13-15,17,21,23H,4,8,11-12,16H2,1-3H3;11-14,17-18H,5-10,15-16H2,1-4H3;11-14,17-18,21H,4-10,15-16H2,1-3H3;10-13,16-18H,4-9,14-15H2,1-3H3;5-13,16-17H,4,14-15H2,1-3H3;5-13,15-16H,4,14H2,1-3H3. The van der Waals surface area contributed by atoms with E-state index in [-0.39, 0.29) is 37.6 Å². The highest BCUT2D eigenvalue weighted by Crippen LogP contribution is 2.36. The molecule has 3 saturated carbocycles. The van der Waals surface area contributed by atoms with Gasteiger partial charge in [-0.05, 0) is 287 Å². The Balaban J connectivity index is 0.000000201. The van der Waals surface area contributed by atoms with Crippen molar-refractivity contribution < 1.29 is 56.8 Å². The van der Waals surface area contributed by atoms with Gasteiger partial charge in [-0.15, -0.1) is 0 Å². The maximum Gasteiger partial charge on any atom is 0.204 e. The largest absolute Gasteiger partial charge is 0.465 e.